The van der Waals surface area contributed by atoms with Gasteiger partial charge in [0.15, 0.2) is 5.82 Å². The lowest BCUT2D eigenvalue weighted by Crippen LogP contribution is -2.26. The van der Waals surface area contributed by atoms with Crippen LogP contribution in [0.2, 0.25) is 0 Å². The topological polar surface area (TPSA) is 68.0 Å². The van der Waals surface area contributed by atoms with Gasteiger partial charge in [-0.2, -0.15) is 4.98 Å². The molecule has 1 amide bonds. The van der Waals surface area contributed by atoms with E-state index in [1.54, 1.807) is 0 Å². The lowest BCUT2D eigenvalue weighted by molar-refractivity contribution is -0.122. The van der Waals surface area contributed by atoms with Crippen LogP contribution in [0.25, 0.3) is 0 Å². The summed E-state index contributed by atoms with van der Waals surface area (Å²) in [5.74, 6) is 2.28. The van der Waals surface area contributed by atoms with Crippen LogP contribution in [0, 0.1) is 5.92 Å². The fourth-order valence-electron chi connectivity index (χ4n) is 2.75. The van der Waals surface area contributed by atoms with Crippen LogP contribution in [-0.2, 0) is 11.2 Å². The molecule has 2 aromatic rings. The molecule has 0 aliphatic heterocycles. The highest BCUT2D eigenvalue weighted by molar-refractivity contribution is 9.10. The monoisotopic (exact) mass is 391 g/mol. The molecule has 1 aromatic heterocycles. The summed E-state index contributed by atoms with van der Waals surface area (Å²) in [6, 6.07) is 8.23. The van der Waals surface area contributed by atoms with Crippen molar-refractivity contribution in [2.24, 2.45) is 5.92 Å². The van der Waals surface area contributed by atoms with Crippen LogP contribution in [0.1, 0.15) is 55.8 Å². The summed E-state index contributed by atoms with van der Waals surface area (Å²) in [7, 11) is 0. The lowest BCUT2D eigenvalue weighted by atomic mass is 10.1. The molecule has 0 bridgehead atoms. The molecule has 2 unspecified atom stereocenters. The van der Waals surface area contributed by atoms with Crippen molar-refractivity contribution >= 4 is 21.8 Å². The van der Waals surface area contributed by atoms with E-state index in [1.807, 2.05) is 26.0 Å². The molecule has 1 saturated carbocycles. The molecule has 1 heterocycles. The Balaban J connectivity index is 1.38. The van der Waals surface area contributed by atoms with E-state index in [0.717, 1.165) is 23.1 Å². The average molecular weight is 392 g/mol. The van der Waals surface area contributed by atoms with Gasteiger partial charge in [-0.15, -0.1) is 0 Å². The summed E-state index contributed by atoms with van der Waals surface area (Å²) >= 11 is 3.43. The van der Waals surface area contributed by atoms with E-state index in [9.17, 15) is 4.79 Å². The van der Waals surface area contributed by atoms with Crippen LogP contribution in [0.5, 0.6) is 0 Å². The third-order valence-electron chi connectivity index (χ3n) is 4.29. The number of halogens is 1. The fourth-order valence-corrected chi connectivity index (χ4v) is 3.01. The first-order chi connectivity index (χ1) is 11.5. The number of amides is 1. The first kappa shape index (κ1) is 17.1. The average Bonchev–Trinajstić information content (AvgIpc) is 3.22. The number of aromatic nitrogens is 2. The molecule has 2 atom stereocenters. The second-order valence-electron chi connectivity index (χ2n) is 6.60. The van der Waals surface area contributed by atoms with E-state index in [-0.39, 0.29) is 17.7 Å². The number of hydrogen-bond donors (Lipinski definition) is 1. The number of nitrogens with one attached hydrogen (secondary N) is 1. The zero-order chi connectivity index (χ0) is 17.1. The molecule has 0 saturated heterocycles. The number of carbonyl (C=O) groups is 1. The van der Waals surface area contributed by atoms with Gasteiger partial charge in [0.05, 0.1) is 0 Å². The van der Waals surface area contributed by atoms with E-state index in [0.29, 0.717) is 24.8 Å². The van der Waals surface area contributed by atoms with Gasteiger partial charge in [-0.05, 0) is 36.5 Å². The number of nitrogens with zero attached hydrogens (tertiary/aromatic N) is 2. The van der Waals surface area contributed by atoms with Gasteiger partial charge in [0, 0.05) is 29.3 Å². The molecule has 5 nitrogen and oxygen atoms in total. The normalized spacial score (nSPS) is 19.5. The molecule has 1 N–H and O–H groups in total. The zero-order valence-electron chi connectivity index (χ0n) is 14.0. The Hall–Kier alpha value is -1.69. The smallest absolute Gasteiger partial charge is 0.226 e. The molecular weight excluding hydrogens is 370 g/mol. The number of benzene rings is 1. The molecule has 0 radical (unpaired) electrons. The molecule has 0 spiro atoms. The van der Waals surface area contributed by atoms with Gasteiger partial charge >= 0.3 is 0 Å². The van der Waals surface area contributed by atoms with Crippen LogP contribution in [0.3, 0.4) is 0 Å². The van der Waals surface area contributed by atoms with Gasteiger partial charge < -0.3 is 9.84 Å². The quantitative estimate of drug-likeness (QED) is 0.728. The Labute approximate surface area is 150 Å². The van der Waals surface area contributed by atoms with Crippen molar-refractivity contribution in [1.82, 2.24) is 15.5 Å². The van der Waals surface area contributed by atoms with Crippen LogP contribution >= 0.6 is 15.9 Å². The lowest BCUT2D eigenvalue weighted by Gasteiger charge is -2.04. The summed E-state index contributed by atoms with van der Waals surface area (Å²) in [5, 5.41) is 6.96. The van der Waals surface area contributed by atoms with Gasteiger partial charge in [-0.1, -0.05) is 47.1 Å². The minimum Gasteiger partial charge on any atom is -0.356 e. The summed E-state index contributed by atoms with van der Waals surface area (Å²) in [4.78, 5) is 16.5. The van der Waals surface area contributed by atoms with Crippen molar-refractivity contribution in [2.75, 3.05) is 6.54 Å². The maximum Gasteiger partial charge on any atom is 0.226 e. The Morgan fingerprint density at radius 2 is 2.12 bits per heavy atom. The Morgan fingerprint density at radius 1 is 1.38 bits per heavy atom. The first-order valence-corrected chi connectivity index (χ1v) is 9.19. The molecule has 1 aromatic carbocycles. The Kier molecular flexibility index (Phi) is 5.33. The Morgan fingerprint density at radius 3 is 2.79 bits per heavy atom. The van der Waals surface area contributed by atoms with Gasteiger partial charge in [0.25, 0.3) is 0 Å². The van der Waals surface area contributed by atoms with Crippen LogP contribution in [-0.4, -0.2) is 22.6 Å². The third kappa shape index (κ3) is 4.23. The summed E-state index contributed by atoms with van der Waals surface area (Å²) in [5.41, 5.74) is 1.24. The van der Waals surface area contributed by atoms with E-state index >= 15 is 0 Å². The first-order valence-electron chi connectivity index (χ1n) is 8.40. The van der Waals surface area contributed by atoms with Crippen LogP contribution < -0.4 is 5.32 Å². The molecule has 128 valence electrons. The van der Waals surface area contributed by atoms with E-state index in [1.165, 1.54) is 5.56 Å². The molecule has 3 rings (SSSR count). The van der Waals surface area contributed by atoms with Crippen LogP contribution in [0.15, 0.2) is 33.3 Å². The van der Waals surface area contributed by atoms with Gasteiger partial charge in [0.1, 0.15) is 0 Å². The van der Waals surface area contributed by atoms with Crippen molar-refractivity contribution in [3.63, 3.8) is 0 Å². The van der Waals surface area contributed by atoms with Crippen molar-refractivity contribution in [2.45, 2.75) is 44.9 Å². The molecule has 6 heteroatoms. The summed E-state index contributed by atoms with van der Waals surface area (Å²) in [6.45, 7) is 4.71. The second-order valence-corrected chi connectivity index (χ2v) is 7.51. The predicted molar refractivity (Wildman–Crippen MR) is 94.7 cm³/mol. The summed E-state index contributed by atoms with van der Waals surface area (Å²) < 4.78 is 6.26. The van der Waals surface area contributed by atoms with E-state index in [2.05, 4.69) is 43.5 Å². The SMILES string of the molecule is CC(C)c1noc(CCCNC(=O)C2CC2c2ccc(Br)cc2)n1. The highest BCUT2D eigenvalue weighted by Crippen LogP contribution is 2.47. The summed E-state index contributed by atoms with van der Waals surface area (Å²) in [6.07, 6.45) is 2.44. The van der Waals surface area contributed by atoms with Crippen molar-refractivity contribution in [3.05, 3.63) is 46.0 Å². The van der Waals surface area contributed by atoms with Crippen molar-refractivity contribution in [1.29, 1.82) is 0 Å². The fraction of sp³-hybridized carbons (Fsp3) is 0.500. The second kappa shape index (κ2) is 7.47. The molecule has 24 heavy (non-hydrogen) atoms. The largest absolute Gasteiger partial charge is 0.356 e. The number of aryl methyl sites for hydroxylation is 1. The maximum absolute atomic E-state index is 12.2. The molecule has 1 fully saturated rings. The Bertz CT molecular complexity index is 697. The zero-order valence-corrected chi connectivity index (χ0v) is 15.5. The van der Waals surface area contributed by atoms with Gasteiger partial charge in [0.2, 0.25) is 11.8 Å². The van der Waals surface area contributed by atoms with Gasteiger partial charge in [-0.25, -0.2) is 0 Å². The highest BCUT2D eigenvalue weighted by Gasteiger charge is 2.43. The number of rotatable bonds is 7. The van der Waals surface area contributed by atoms with Crippen molar-refractivity contribution in [3.8, 4) is 0 Å². The third-order valence-corrected chi connectivity index (χ3v) is 4.82. The predicted octanol–water partition coefficient (Wildman–Crippen LogP) is 3.81. The van der Waals surface area contributed by atoms with Gasteiger partial charge in [-0.3, -0.25) is 4.79 Å². The minimum absolute atomic E-state index is 0.113. The van der Waals surface area contributed by atoms with E-state index in [4.69, 9.17) is 4.52 Å². The molecule has 1 aliphatic carbocycles. The van der Waals surface area contributed by atoms with Crippen LogP contribution in [0.4, 0.5) is 0 Å². The highest BCUT2D eigenvalue weighted by atomic mass is 79.9. The standard InChI is InChI=1S/C18H22BrN3O2/c1-11(2)17-21-16(24-22-17)4-3-9-20-18(23)15-10-14(15)12-5-7-13(19)8-6-12/h5-8,11,14-15H,3-4,9-10H2,1-2H3,(H,20,23). The van der Waals surface area contributed by atoms with E-state index < -0.39 is 0 Å². The van der Waals surface area contributed by atoms with Crippen molar-refractivity contribution < 1.29 is 9.32 Å². The minimum atomic E-state index is 0.113. The molecular formula is C18H22BrN3O2. The molecule has 1 aliphatic rings. The maximum atomic E-state index is 12.2. The number of hydrogen-bond acceptors (Lipinski definition) is 4. The number of carbonyl (C=O) groups excluding carboxylic acids is 1.